The lowest BCUT2D eigenvalue weighted by Crippen LogP contribution is -2.24. The van der Waals surface area contributed by atoms with E-state index >= 15 is 0 Å². The molecule has 0 atom stereocenters. The number of Topliss-reactive ketones (excluding diaryl/α,β-unsaturated/α-hetero) is 1. The van der Waals surface area contributed by atoms with Crippen LogP contribution in [0.1, 0.15) is 21.5 Å². The molecule has 0 saturated carbocycles. The van der Waals surface area contributed by atoms with Crippen LogP contribution < -0.4 is 5.32 Å². The summed E-state index contributed by atoms with van der Waals surface area (Å²) >= 11 is 1.13. The van der Waals surface area contributed by atoms with Gasteiger partial charge in [-0.2, -0.15) is 0 Å². The number of rotatable bonds is 3. The first-order chi connectivity index (χ1) is 9.93. The Hall–Kier alpha value is -2.08. The summed E-state index contributed by atoms with van der Waals surface area (Å²) in [4.78, 5) is 35.5. The Morgan fingerprint density at radius 2 is 1.95 bits per heavy atom. The van der Waals surface area contributed by atoms with Gasteiger partial charge in [0.05, 0.1) is 17.9 Å². The zero-order valence-corrected chi connectivity index (χ0v) is 12.8. The molecule has 0 aromatic heterocycles. The van der Waals surface area contributed by atoms with Crippen molar-refractivity contribution in [3.63, 3.8) is 0 Å². The predicted molar refractivity (Wildman–Crippen MR) is 79.9 cm³/mol. The summed E-state index contributed by atoms with van der Waals surface area (Å²) < 4.78 is 4.57. The third kappa shape index (κ3) is 3.16. The summed E-state index contributed by atoms with van der Waals surface area (Å²) in [5.41, 5.74) is 2.49. The van der Waals surface area contributed by atoms with Gasteiger partial charge in [-0.1, -0.05) is 17.8 Å². The van der Waals surface area contributed by atoms with Crippen molar-refractivity contribution in [2.45, 2.75) is 13.8 Å². The summed E-state index contributed by atoms with van der Waals surface area (Å²) in [6, 6.07) is 5.33. The second-order valence-corrected chi connectivity index (χ2v) is 5.65. The van der Waals surface area contributed by atoms with E-state index in [1.807, 2.05) is 19.9 Å². The van der Waals surface area contributed by atoms with Gasteiger partial charge in [0.25, 0.3) is 5.91 Å². The molecule has 1 N–H and O–H groups in total. The maximum atomic E-state index is 12.2. The summed E-state index contributed by atoms with van der Waals surface area (Å²) in [7, 11) is 1.20. The fourth-order valence-corrected chi connectivity index (χ4v) is 2.80. The van der Waals surface area contributed by atoms with Crippen LogP contribution in [0, 0.1) is 13.8 Å². The van der Waals surface area contributed by atoms with Crippen molar-refractivity contribution < 1.29 is 19.1 Å². The quantitative estimate of drug-likeness (QED) is 0.680. The van der Waals surface area contributed by atoms with Crippen LogP contribution in [0.3, 0.4) is 0 Å². The average Bonchev–Trinajstić information content (AvgIpc) is 2.82. The molecule has 0 saturated heterocycles. The number of esters is 1. The predicted octanol–water partition coefficient (Wildman–Crippen LogP) is 1.73. The molecule has 1 aliphatic heterocycles. The molecule has 1 heterocycles. The van der Waals surface area contributed by atoms with E-state index in [-0.39, 0.29) is 28.0 Å². The highest BCUT2D eigenvalue weighted by atomic mass is 32.2. The van der Waals surface area contributed by atoms with Crippen LogP contribution >= 0.6 is 11.8 Å². The van der Waals surface area contributed by atoms with E-state index in [9.17, 15) is 14.4 Å². The van der Waals surface area contributed by atoms with Crippen LogP contribution in [0.15, 0.2) is 28.8 Å². The minimum atomic E-state index is -0.722. The lowest BCUT2D eigenvalue weighted by atomic mass is 10.1. The highest BCUT2D eigenvalue weighted by Gasteiger charge is 2.31. The number of ether oxygens (including phenoxy) is 1. The second kappa shape index (κ2) is 6.13. The number of ketones is 1. The molecule has 0 aliphatic carbocycles. The third-order valence-corrected chi connectivity index (χ3v) is 4.24. The zero-order valence-electron chi connectivity index (χ0n) is 12.0. The minimum Gasteiger partial charge on any atom is -0.465 e. The van der Waals surface area contributed by atoms with Crippen LogP contribution in [-0.4, -0.2) is 30.5 Å². The zero-order chi connectivity index (χ0) is 15.6. The molecule has 2 rings (SSSR count). The second-order valence-electron chi connectivity index (χ2n) is 4.66. The maximum Gasteiger partial charge on any atom is 0.344 e. The smallest absolute Gasteiger partial charge is 0.344 e. The third-order valence-electron chi connectivity index (χ3n) is 3.24. The Balaban J connectivity index is 2.25. The van der Waals surface area contributed by atoms with E-state index in [1.165, 1.54) is 7.11 Å². The minimum absolute atomic E-state index is 0.0836. The number of carbonyl (C=O) groups excluding carboxylic acids is 3. The van der Waals surface area contributed by atoms with Gasteiger partial charge in [0.1, 0.15) is 5.57 Å². The van der Waals surface area contributed by atoms with Crippen LogP contribution in [-0.2, 0) is 14.3 Å². The van der Waals surface area contributed by atoms with Crippen molar-refractivity contribution in [3.8, 4) is 0 Å². The first kappa shape index (κ1) is 15.3. The van der Waals surface area contributed by atoms with E-state index in [1.54, 1.807) is 12.1 Å². The van der Waals surface area contributed by atoms with E-state index in [0.717, 1.165) is 22.9 Å². The van der Waals surface area contributed by atoms with Gasteiger partial charge in [-0.25, -0.2) is 4.79 Å². The lowest BCUT2D eigenvalue weighted by Gasteiger charge is -2.08. The van der Waals surface area contributed by atoms with Crippen molar-refractivity contribution in [1.82, 2.24) is 5.32 Å². The van der Waals surface area contributed by atoms with Gasteiger partial charge in [-0.15, -0.1) is 0 Å². The molecule has 1 aliphatic rings. The number of amides is 1. The van der Waals surface area contributed by atoms with Crippen LogP contribution in [0.5, 0.6) is 0 Å². The summed E-state index contributed by atoms with van der Waals surface area (Å²) in [5, 5.41) is 2.88. The number of carbonyl (C=O) groups is 3. The van der Waals surface area contributed by atoms with E-state index in [4.69, 9.17) is 0 Å². The van der Waals surface area contributed by atoms with Crippen molar-refractivity contribution in [3.05, 3.63) is 45.5 Å². The van der Waals surface area contributed by atoms with Gasteiger partial charge >= 0.3 is 5.97 Å². The molecule has 1 aromatic rings. The first-order valence-electron chi connectivity index (χ1n) is 6.31. The molecule has 5 nitrogen and oxygen atoms in total. The Kier molecular flexibility index (Phi) is 4.47. The normalized spacial score (nSPS) is 14.3. The van der Waals surface area contributed by atoms with Crippen LogP contribution in [0.2, 0.25) is 0 Å². The fraction of sp³-hybridized carbons (Fsp3) is 0.267. The summed E-state index contributed by atoms with van der Waals surface area (Å²) in [6.07, 6.45) is 0. The Morgan fingerprint density at radius 3 is 2.57 bits per heavy atom. The highest BCUT2D eigenvalue weighted by molar-refractivity contribution is 8.04. The van der Waals surface area contributed by atoms with E-state index in [2.05, 4.69) is 10.1 Å². The topological polar surface area (TPSA) is 72.5 Å². The van der Waals surface area contributed by atoms with Gasteiger partial charge in [-0.3, -0.25) is 9.59 Å². The molecule has 6 heteroatoms. The first-order valence-corrected chi connectivity index (χ1v) is 7.29. The summed E-state index contributed by atoms with van der Waals surface area (Å²) in [5.74, 6) is -1.27. The number of nitrogens with one attached hydrogen (secondary N) is 1. The number of hydrogen-bond donors (Lipinski definition) is 1. The molecule has 0 fully saturated rings. The van der Waals surface area contributed by atoms with Crippen molar-refractivity contribution in [2.75, 3.05) is 12.9 Å². The van der Waals surface area contributed by atoms with Gasteiger partial charge in [0, 0.05) is 5.56 Å². The highest BCUT2D eigenvalue weighted by Crippen LogP contribution is 2.27. The average molecular weight is 305 g/mol. The van der Waals surface area contributed by atoms with Crippen molar-refractivity contribution >= 4 is 29.4 Å². The molecule has 0 radical (unpaired) electrons. The van der Waals surface area contributed by atoms with E-state index in [0.29, 0.717) is 5.56 Å². The van der Waals surface area contributed by atoms with Gasteiger partial charge < -0.3 is 10.1 Å². The van der Waals surface area contributed by atoms with Gasteiger partial charge in [0.2, 0.25) is 0 Å². The summed E-state index contributed by atoms with van der Waals surface area (Å²) in [6.45, 7) is 3.87. The molecular weight excluding hydrogens is 290 g/mol. The maximum absolute atomic E-state index is 12.2. The monoisotopic (exact) mass is 305 g/mol. The number of thioether (sulfide) groups is 1. The molecule has 1 aromatic carbocycles. The standard InChI is InChI=1S/C15H15NO4S/c1-8-4-5-10(6-9(8)2)13(18)16-14-12(15(19)20-3)11(17)7-21-14/h4-6H,7H2,1-3H3,(H,16,18). The van der Waals surface area contributed by atoms with Crippen molar-refractivity contribution in [2.24, 2.45) is 0 Å². The number of hydrogen-bond acceptors (Lipinski definition) is 5. The largest absolute Gasteiger partial charge is 0.465 e. The van der Waals surface area contributed by atoms with Crippen LogP contribution in [0.4, 0.5) is 0 Å². The molecule has 21 heavy (non-hydrogen) atoms. The SMILES string of the molecule is COC(=O)C1=C(NC(=O)c2ccc(C)c(C)c2)SCC1=O. The fourth-order valence-electron chi connectivity index (χ4n) is 1.87. The molecule has 0 unspecified atom stereocenters. The van der Waals surface area contributed by atoms with Gasteiger partial charge in [-0.05, 0) is 37.1 Å². The Labute approximate surface area is 126 Å². The molecule has 110 valence electrons. The van der Waals surface area contributed by atoms with Crippen LogP contribution in [0.25, 0.3) is 0 Å². The van der Waals surface area contributed by atoms with Crippen molar-refractivity contribution in [1.29, 1.82) is 0 Å². The number of aryl methyl sites for hydroxylation is 2. The Bertz CT molecular complexity index is 664. The molecule has 0 bridgehead atoms. The Morgan fingerprint density at radius 1 is 1.24 bits per heavy atom. The van der Waals surface area contributed by atoms with E-state index < -0.39 is 5.97 Å². The molecule has 1 amide bonds. The molecular formula is C15H15NO4S. The lowest BCUT2D eigenvalue weighted by molar-refractivity contribution is -0.137. The number of benzene rings is 1. The number of methoxy groups -OCH3 is 1. The van der Waals surface area contributed by atoms with Gasteiger partial charge in [0.15, 0.2) is 5.78 Å². The molecule has 0 spiro atoms.